The fraction of sp³-hybridized carbons (Fsp3) is 0.0556. The fourth-order valence-electron chi connectivity index (χ4n) is 2.21. The van der Waals surface area contributed by atoms with E-state index in [2.05, 4.69) is 15.5 Å². The van der Waals surface area contributed by atoms with Gasteiger partial charge in [0.2, 0.25) is 0 Å². The van der Waals surface area contributed by atoms with Gasteiger partial charge in [-0.1, -0.05) is 30.3 Å². The number of nitro benzene ring substituents is 1. The van der Waals surface area contributed by atoms with Crippen LogP contribution in [0.3, 0.4) is 0 Å². The lowest BCUT2D eigenvalue weighted by atomic mass is 10.2. The van der Waals surface area contributed by atoms with E-state index in [1.54, 1.807) is 12.1 Å². The van der Waals surface area contributed by atoms with Gasteiger partial charge in [0.15, 0.2) is 0 Å². The first kappa shape index (κ1) is 17.4. The Morgan fingerprint density at radius 2 is 1.88 bits per heavy atom. The highest BCUT2D eigenvalue weighted by Gasteiger charge is 2.15. The smallest absolute Gasteiger partial charge is 0.266 e. The van der Waals surface area contributed by atoms with E-state index in [-0.39, 0.29) is 5.69 Å². The van der Waals surface area contributed by atoms with Gasteiger partial charge < -0.3 is 0 Å². The van der Waals surface area contributed by atoms with E-state index in [1.165, 1.54) is 29.7 Å². The molecule has 0 unspecified atom stereocenters. The van der Waals surface area contributed by atoms with Gasteiger partial charge in [-0.25, -0.2) is 10.4 Å². The molecule has 8 heteroatoms. The third kappa shape index (κ3) is 3.98. The summed E-state index contributed by atoms with van der Waals surface area (Å²) in [6.45, 7) is 1.83. The molecule has 0 bridgehead atoms. The molecule has 0 saturated heterocycles. The number of nitrogens with zero attached hydrogens (tertiary/aromatic N) is 3. The molecule has 3 rings (SSSR count). The van der Waals surface area contributed by atoms with Gasteiger partial charge >= 0.3 is 0 Å². The zero-order chi connectivity index (χ0) is 18.5. The number of nitrogens with one attached hydrogen (secondary N) is 1. The second-order valence-electron chi connectivity index (χ2n) is 5.34. The molecule has 0 saturated carbocycles. The maximum Gasteiger partial charge on any atom is 0.291 e. The number of aryl methyl sites for hydroxylation is 1. The van der Waals surface area contributed by atoms with Gasteiger partial charge in [-0.3, -0.25) is 14.9 Å². The van der Waals surface area contributed by atoms with Crippen LogP contribution < -0.4 is 5.43 Å². The van der Waals surface area contributed by atoms with Crippen LogP contribution in [0.15, 0.2) is 59.7 Å². The van der Waals surface area contributed by atoms with Gasteiger partial charge in [-0.15, -0.1) is 11.3 Å². The van der Waals surface area contributed by atoms with Crippen molar-refractivity contribution in [2.75, 3.05) is 0 Å². The maximum atomic E-state index is 12.3. The van der Waals surface area contributed by atoms with Gasteiger partial charge in [0.25, 0.3) is 11.6 Å². The Hall–Kier alpha value is -3.39. The number of carbonyl (C=O) groups excluding carboxylic acids is 1. The molecular weight excluding hydrogens is 352 g/mol. The van der Waals surface area contributed by atoms with Crippen LogP contribution >= 0.6 is 11.3 Å². The molecule has 1 heterocycles. The number of thiazole rings is 1. The van der Waals surface area contributed by atoms with Crippen molar-refractivity contribution in [3.63, 3.8) is 0 Å². The lowest BCUT2D eigenvalue weighted by Crippen LogP contribution is -2.18. The first-order valence-corrected chi connectivity index (χ1v) is 8.47. The zero-order valence-electron chi connectivity index (χ0n) is 13.7. The number of benzene rings is 2. The van der Waals surface area contributed by atoms with Gasteiger partial charge in [-0.2, -0.15) is 5.10 Å². The van der Waals surface area contributed by atoms with Crippen molar-refractivity contribution in [1.82, 2.24) is 10.4 Å². The summed E-state index contributed by atoms with van der Waals surface area (Å²) in [6, 6.07) is 15.5. The van der Waals surface area contributed by atoms with Crippen molar-refractivity contribution in [2.45, 2.75) is 6.92 Å². The number of carbonyl (C=O) groups is 1. The summed E-state index contributed by atoms with van der Waals surface area (Å²) < 4.78 is 0. The average molecular weight is 366 g/mol. The van der Waals surface area contributed by atoms with Crippen molar-refractivity contribution in [3.05, 3.63) is 80.8 Å². The topological polar surface area (TPSA) is 97.5 Å². The van der Waals surface area contributed by atoms with E-state index in [4.69, 9.17) is 0 Å². The number of amides is 1. The summed E-state index contributed by atoms with van der Waals surface area (Å²) >= 11 is 1.44. The molecule has 1 N–H and O–H groups in total. The summed E-state index contributed by atoms with van der Waals surface area (Å²) in [5.41, 5.74) is 4.35. The van der Waals surface area contributed by atoms with Crippen molar-refractivity contribution in [2.24, 2.45) is 5.10 Å². The van der Waals surface area contributed by atoms with Crippen LogP contribution in [0.5, 0.6) is 0 Å². The van der Waals surface area contributed by atoms with E-state index in [9.17, 15) is 14.9 Å². The van der Waals surface area contributed by atoms with Crippen LogP contribution in [0, 0.1) is 17.0 Å². The molecule has 1 amide bonds. The standard InChI is InChI=1S/C18H14N4O3S/c1-12-16(20-18(26-12)14-5-3-2-4-6-14)17(23)21-19-11-13-7-9-15(10-8-13)22(24)25/h2-11H,1H3,(H,21,23)/b19-11-. The summed E-state index contributed by atoms with van der Waals surface area (Å²) in [5.74, 6) is -0.404. The third-order valence-corrected chi connectivity index (χ3v) is 4.54. The van der Waals surface area contributed by atoms with E-state index in [0.29, 0.717) is 11.3 Å². The molecule has 26 heavy (non-hydrogen) atoms. The Balaban J connectivity index is 1.68. The predicted octanol–water partition coefficient (Wildman–Crippen LogP) is 3.79. The second kappa shape index (κ2) is 7.66. The Morgan fingerprint density at radius 3 is 2.54 bits per heavy atom. The summed E-state index contributed by atoms with van der Waals surface area (Å²) in [4.78, 5) is 27.6. The highest BCUT2D eigenvalue weighted by Crippen LogP contribution is 2.27. The SMILES string of the molecule is Cc1sc(-c2ccccc2)nc1C(=O)N/N=C\c1ccc([N+](=O)[O-])cc1. The quantitative estimate of drug-likeness (QED) is 0.422. The van der Waals surface area contributed by atoms with Crippen LogP contribution in [-0.4, -0.2) is 22.0 Å². The van der Waals surface area contributed by atoms with Crippen LogP contribution in [0.25, 0.3) is 10.6 Å². The summed E-state index contributed by atoms with van der Waals surface area (Å²) in [7, 11) is 0. The van der Waals surface area contributed by atoms with Crippen molar-refractivity contribution < 1.29 is 9.72 Å². The average Bonchev–Trinajstić information content (AvgIpc) is 3.05. The molecule has 130 valence electrons. The number of hydrogen-bond donors (Lipinski definition) is 1. The lowest BCUT2D eigenvalue weighted by Gasteiger charge is -1.97. The first-order valence-electron chi connectivity index (χ1n) is 7.65. The predicted molar refractivity (Wildman–Crippen MR) is 100 cm³/mol. The molecule has 0 spiro atoms. The zero-order valence-corrected chi connectivity index (χ0v) is 14.6. The van der Waals surface area contributed by atoms with E-state index in [1.807, 2.05) is 37.3 Å². The van der Waals surface area contributed by atoms with Crippen LogP contribution in [0.4, 0.5) is 5.69 Å². The number of nitro groups is 1. The third-order valence-electron chi connectivity index (χ3n) is 3.52. The summed E-state index contributed by atoms with van der Waals surface area (Å²) in [6.07, 6.45) is 1.42. The molecule has 0 radical (unpaired) electrons. The minimum absolute atomic E-state index is 0.00211. The Bertz CT molecular complexity index is 966. The van der Waals surface area contributed by atoms with Crippen LogP contribution in [-0.2, 0) is 0 Å². The molecule has 7 nitrogen and oxygen atoms in total. The molecule has 0 aliphatic rings. The van der Waals surface area contributed by atoms with E-state index >= 15 is 0 Å². The molecule has 0 aliphatic carbocycles. The highest BCUT2D eigenvalue weighted by atomic mass is 32.1. The number of non-ortho nitro benzene ring substituents is 1. The molecule has 0 atom stereocenters. The highest BCUT2D eigenvalue weighted by molar-refractivity contribution is 7.15. The fourth-order valence-corrected chi connectivity index (χ4v) is 3.13. The van der Waals surface area contributed by atoms with Gasteiger partial charge in [-0.05, 0) is 24.6 Å². The monoisotopic (exact) mass is 366 g/mol. The van der Waals surface area contributed by atoms with Crippen molar-refractivity contribution in [3.8, 4) is 10.6 Å². The van der Waals surface area contributed by atoms with Crippen molar-refractivity contribution >= 4 is 29.1 Å². The molecule has 2 aromatic carbocycles. The second-order valence-corrected chi connectivity index (χ2v) is 6.54. The minimum atomic E-state index is -0.474. The Labute approximate surface area is 153 Å². The molecule has 0 fully saturated rings. The first-order chi connectivity index (χ1) is 12.5. The largest absolute Gasteiger partial charge is 0.291 e. The molecule has 0 aliphatic heterocycles. The van der Waals surface area contributed by atoms with E-state index < -0.39 is 10.8 Å². The Morgan fingerprint density at radius 1 is 1.19 bits per heavy atom. The van der Waals surface area contributed by atoms with E-state index in [0.717, 1.165) is 15.4 Å². The number of aromatic nitrogens is 1. The van der Waals surface area contributed by atoms with Gasteiger partial charge in [0.05, 0.1) is 11.1 Å². The normalized spacial score (nSPS) is 10.8. The minimum Gasteiger partial charge on any atom is -0.266 e. The number of hydrazone groups is 1. The van der Waals surface area contributed by atoms with Crippen LogP contribution in [0.1, 0.15) is 20.9 Å². The lowest BCUT2D eigenvalue weighted by molar-refractivity contribution is -0.384. The number of rotatable bonds is 5. The van der Waals surface area contributed by atoms with Crippen LogP contribution in [0.2, 0.25) is 0 Å². The van der Waals surface area contributed by atoms with Gasteiger partial charge in [0.1, 0.15) is 10.7 Å². The summed E-state index contributed by atoms with van der Waals surface area (Å²) in [5, 5.41) is 15.3. The molecular formula is C18H14N4O3S. The van der Waals surface area contributed by atoms with Crippen molar-refractivity contribution in [1.29, 1.82) is 0 Å². The Kier molecular flexibility index (Phi) is 5.14. The maximum absolute atomic E-state index is 12.3. The molecule has 3 aromatic rings. The molecule has 1 aromatic heterocycles. The number of hydrogen-bond acceptors (Lipinski definition) is 6. The van der Waals surface area contributed by atoms with Gasteiger partial charge in [0, 0.05) is 22.6 Å².